The summed E-state index contributed by atoms with van der Waals surface area (Å²) in [6, 6.07) is 17.5. The van der Waals surface area contributed by atoms with E-state index in [0.29, 0.717) is 5.56 Å². The highest BCUT2D eigenvalue weighted by Crippen LogP contribution is 2.39. The molecule has 2 atom stereocenters. The summed E-state index contributed by atoms with van der Waals surface area (Å²) in [4.78, 5) is 21.5. The SMILES string of the molecule is CC1=NC(=O)NC(c2cc3ccccc3n2C)C1c1nc(-c2ccc(C#N)cc2C)cs1. The molecule has 1 aliphatic heterocycles. The number of nitrogens with zero attached hydrogens (tertiary/aromatic N) is 4. The summed E-state index contributed by atoms with van der Waals surface area (Å²) >= 11 is 1.57. The van der Waals surface area contributed by atoms with Crippen LogP contribution in [-0.4, -0.2) is 21.3 Å². The lowest BCUT2D eigenvalue weighted by atomic mass is 9.91. The fraction of sp³-hybridized carbons (Fsp3) is 0.200. The highest BCUT2D eigenvalue weighted by atomic mass is 32.1. The standard InChI is InChI=1S/C25H21N5OS/c1-14-10-16(12-26)8-9-18(14)19-13-32-24(28-19)22-15(2)27-25(31)29-23(22)21-11-17-6-4-5-7-20(17)30(21)3/h4-11,13,22-23H,1-3H3,(H,29,31). The number of amides is 2. The topological polar surface area (TPSA) is 83.1 Å². The molecule has 0 fully saturated rings. The molecule has 0 radical (unpaired) electrons. The second kappa shape index (κ2) is 7.74. The van der Waals surface area contributed by atoms with Gasteiger partial charge in [-0.25, -0.2) is 14.8 Å². The van der Waals surface area contributed by atoms with Gasteiger partial charge in [-0.3, -0.25) is 0 Å². The number of benzene rings is 2. The van der Waals surface area contributed by atoms with Gasteiger partial charge >= 0.3 is 6.03 Å². The Morgan fingerprint density at radius 3 is 2.72 bits per heavy atom. The molecular formula is C25H21N5OS. The number of carbonyl (C=O) groups excluding carboxylic acids is 1. The number of aliphatic imine (C=N–C) groups is 1. The van der Waals surface area contributed by atoms with Crippen molar-refractivity contribution in [2.24, 2.45) is 12.0 Å². The third kappa shape index (κ3) is 3.29. The van der Waals surface area contributed by atoms with Crippen molar-refractivity contribution in [1.29, 1.82) is 5.26 Å². The summed E-state index contributed by atoms with van der Waals surface area (Å²) in [6.45, 7) is 3.88. The third-order valence-electron chi connectivity index (χ3n) is 6.07. The Morgan fingerprint density at radius 2 is 1.97 bits per heavy atom. The first-order valence-corrected chi connectivity index (χ1v) is 11.2. The van der Waals surface area contributed by atoms with Crippen LogP contribution in [0, 0.1) is 18.3 Å². The molecule has 32 heavy (non-hydrogen) atoms. The number of nitriles is 1. The molecule has 6 nitrogen and oxygen atoms in total. The average molecular weight is 440 g/mol. The first-order valence-electron chi connectivity index (χ1n) is 10.3. The molecule has 4 aromatic rings. The maximum atomic E-state index is 12.3. The van der Waals surface area contributed by atoms with Gasteiger partial charge in [-0.1, -0.05) is 24.3 Å². The van der Waals surface area contributed by atoms with Crippen molar-refractivity contribution in [3.05, 3.63) is 75.7 Å². The molecule has 0 saturated heterocycles. The Bertz CT molecular complexity index is 1440. The fourth-order valence-corrected chi connectivity index (χ4v) is 5.49. The summed E-state index contributed by atoms with van der Waals surface area (Å²) < 4.78 is 2.13. The Kier molecular flexibility index (Phi) is 4.87. The number of para-hydroxylation sites is 1. The lowest BCUT2D eigenvalue weighted by Gasteiger charge is -2.30. The van der Waals surface area contributed by atoms with Crippen molar-refractivity contribution in [3.63, 3.8) is 0 Å². The predicted molar refractivity (Wildman–Crippen MR) is 127 cm³/mol. The van der Waals surface area contributed by atoms with Crippen molar-refractivity contribution in [1.82, 2.24) is 14.9 Å². The maximum Gasteiger partial charge on any atom is 0.341 e. The van der Waals surface area contributed by atoms with Crippen molar-refractivity contribution in [2.45, 2.75) is 25.8 Å². The lowest BCUT2D eigenvalue weighted by Crippen LogP contribution is -2.39. The van der Waals surface area contributed by atoms with E-state index in [9.17, 15) is 4.79 Å². The van der Waals surface area contributed by atoms with Gasteiger partial charge in [0.1, 0.15) is 5.01 Å². The molecule has 5 rings (SSSR count). The molecule has 2 unspecified atom stereocenters. The molecule has 0 bridgehead atoms. The van der Waals surface area contributed by atoms with E-state index in [1.807, 2.05) is 56.6 Å². The zero-order chi connectivity index (χ0) is 22.4. The van der Waals surface area contributed by atoms with Crippen LogP contribution in [0.25, 0.3) is 22.2 Å². The first kappa shape index (κ1) is 20.2. The molecule has 0 spiro atoms. The van der Waals surface area contributed by atoms with Crippen molar-refractivity contribution in [2.75, 3.05) is 0 Å². The minimum Gasteiger partial charge on any atom is -0.346 e. The minimum absolute atomic E-state index is 0.159. The lowest BCUT2D eigenvalue weighted by molar-refractivity contribution is 0.242. The zero-order valence-corrected chi connectivity index (χ0v) is 18.8. The molecule has 2 amide bonds. The highest BCUT2D eigenvalue weighted by Gasteiger charge is 2.36. The largest absolute Gasteiger partial charge is 0.346 e. The number of nitrogens with one attached hydrogen (secondary N) is 1. The van der Waals surface area contributed by atoms with Gasteiger partial charge in [0, 0.05) is 34.9 Å². The Morgan fingerprint density at radius 1 is 1.16 bits per heavy atom. The van der Waals surface area contributed by atoms with E-state index in [1.54, 1.807) is 11.3 Å². The molecule has 2 aromatic heterocycles. The third-order valence-corrected chi connectivity index (χ3v) is 7.00. The number of aromatic nitrogens is 2. The van der Waals surface area contributed by atoms with E-state index in [2.05, 4.69) is 39.1 Å². The molecule has 1 aliphatic rings. The normalized spacial score (nSPS) is 18.3. The number of thiazole rings is 1. The summed E-state index contributed by atoms with van der Waals surface area (Å²) in [6.07, 6.45) is 0. The van der Waals surface area contributed by atoms with Crippen LogP contribution in [0.15, 0.2) is 58.9 Å². The van der Waals surface area contributed by atoms with E-state index in [0.717, 1.165) is 44.1 Å². The molecule has 0 saturated carbocycles. The predicted octanol–water partition coefficient (Wildman–Crippen LogP) is 5.49. The molecule has 7 heteroatoms. The summed E-state index contributed by atoms with van der Waals surface area (Å²) in [5, 5.41) is 16.3. The fourth-order valence-electron chi connectivity index (χ4n) is 4.47. The number of hydrogen-bond acceptors (Lipinski definition) is 4. The van der Waals surface area contributed by atoms with Crippen LogP contribution in [0.3, 0.4) is 0 Å². The van der Waals surface area contributed by atoms with E-state index in [4.69, 9.17) is 10.2 Å². The van der Waals surface area contributed by atoms with E-state index >= 15 is 0 Å². The van der Waals surface area contributed by atoms with Gasteiger partial charge in [-0.2, -0.15) is 5.26 Å². The summed E-state index contributed by atoms with van der Waals surface area (Å²) in [7, 11) is 2.02. The highest BCUT2D eigenvalue weighted by molar-refractivity contribution is 7.10. The summed E-state index contributed by atoms with van der Waals surface area (Å²) in [5.41, 5.74) is 6.40. The quantitative estimate of drug-likeness (QED) is 0.458. The van der Waals surface area contributed by atoms with Crippen LogP contribution < -0.4 is 5.32 Å². The summed E-state index contributed by atoms with van der Waals surface area (Å²) in [5.74, 6) is -0.159. The number of rotatable bonds is 3. The second-order valence-corrected chi connectivity index (χ2v) is 8.95. The van der Waals surface area contributed by atoms with Crippen molar-refractivity contribution < 1.29 is 4.79 Å². The monoisotopic (exact) mass is 439 g/mol. The second-order valence-electron chi connectivity index (χ2n) is 8.06. The van der Waals surface area contributed by atoms with Crippen molar-refractivity contribution in [3.8, 4) is 17.3 Å². The molecule has 158 valence electrons. The van der Waals surface area contributed by atoms with Gasteiger partial charge in [0.2, 0.25) is 0 Å². The van der Waals surface area contributed by atoms with E-state index in [-0.39, 0.29) is 18.0 Å². The maximum absolute atomic E-state index is 12.3. The van der Waals surface area contributed by atoms with E-state index < -0.39 is 0 Å². The van der Waals surface area contributed by atoms with Crippen LogP contribution >= 0.6 is 11.3 Å². The average Bonchev–Trinajstić information content (AvgIpc) is 3.38. The van der Waals surface area contributed by atoms with Crippen LogP contribution in [-0.2, 0) is 7.05 Å². The van der Waals surface area contributed by atoms with Gasteiger partial charge in [0.05, 0.1) is 29.3 Å². The van der Waals surface area contributed by atoms with Crippen LogP contribution in [0.2, 0.25) is 0 Å². The van der Waals surface area contributed by atoms with Gasteiger partial charge in [-0.15, -0.1) is 11.3 Å². The van der Waals surface area contributed by atoms with Gasteiger partial charge in [0.15, 0.2) is 0 Å². The van der Waals surface area contributed by atoms with E-state index in [1.165, 1.54) is 0 Å². The molecule has 1 N–H and O–H groups in total. The smallest absolute Gasteiger partial charge is 0.341 e. The van der Waals surface area contributed by atoms with Gasteiger partial charge in [0.25, 0.3) is 0 Å². The minimum atomic E-state index is -0.325. The van der Waals surface area contributed by atoms with Gasteiger partial charge < -0.3 is 9.88 Å². The number of fused-ring (bicyclic) bond motifs is 1. The number of aryl methyl sites for hydroxylation is 2. The van der Waals surface area contributed by atoms with Crippen LogP contribution in [0.4, 0.5) is 4.79 Å². The molecule has 2 aromatic carbocycles. The Hall–Kier alpha value is -3.76. The Labute approximate surface area is 189 Å². The zero-order valence-electron chi connectivity index (χ0n) is 18.0. The first-order chi connectivity index (χ1) is 15.5. The molecular weight excluding hydrogens is 418 g/mol. The molecule has 0 aliphatic carbocycles. The number of hydrogen-bond donors (Lipinski definition) is 1. The van der Waals surface area contributed by atoms with Crippen LogP contribution in [0.5, 0.6) is 0 Å². The van der Waals surface area contributed by atoms with Crippen LogP contribution in [0.1, 0.15) is 40.7 Å². The number of carbonyl (C=O) groups is 1. The Balaban J connectivity index is 1.59. The van der Waals surface area contributed by atoms with Gasteiger partial charge in [-0.05, 0) is 49.1 Å². The van der Waals surface area contributed by atoms with Crippen molar-refractivity contribution >= 4 is 34.0 Å². The molecule has 3 heterocycles. The number of urea groups is 1.